The molecule has 0 heterocycles. The highest BCUT2D eigenvalue weighted by atomic mass is 35.5. The number of benzene rings is 1. The topological polar surface area (TPSA) is 27.0 Å². The lowest BCUT2D eigenvalue weighted by molar-refractivity contribution is 0.612. The van der Waals surface area contributed by atoms with Gasteiger partial charge in [0.05, 0.1) is 12.5 Å². The molecule has 1 aromatic carbocycles. The molecule has 1 rings (SSSR count). The Balaban J connectivity index is 2.90. The van der Waals surface area contributed by atoms with Crippen molar-refractivity contribution in [2.45, 2.75) is 33.1 Å². The van der Waals surface area contributed by atoms with Gasteiger partial charge in [0, 0.05) is 24.7 Å². The zero-order valence-corrected chi connectivity index (χ0v) is 12.2. The minimum Gasteiger partial charge on any atom is -0.370 e. The molecule has 0 aliphatic heterocycles. The maximum absolute atomic E-state index is 8.74. The van der Waals surface area contributed by atoms with Crippen molar-refractivity contribution >= 4 is 17.3 Å². The number of hydrogen-bond donors (Lipinski definition) is 0. The predicted molar refractivity (Wildman–Crippen MR) is 78.0 cm³/mol. The van der Waals surface area contributed by atoms with Crippen LogP contribution in [0.15, 0.2) is 18.2 Å². The van der Waals surface area contributed by atoms with Crippen molar-refractivity contribution in [3.63, 3.8) is 0 Å². The van der Waals surface area contributed by atoms with Gasteiger partial charge in [-0.3, -0.25) is 0 Å². The number of halogens is 1. The lowest BCUT2D eigenvalue weighted by Crippen LogP contribution is -2.28. The highest BCUT2D eigenvalue weighted by molar-refractivity contribution is 6.17. The first kappa shape index (κ1) is 14.9. The number of nitrogens with zero attached hydrogens (tertiary/aromatic N) is 2. The van der Waals surface area contributed by atoms with Crippen LogP contribution >= 0.6 is 11.6 Å². The number of nitriles is 1. The SMILES string of the molecule is Cc1cc(N(CCC#N)CC(C)C)ccc1CCl. The van der Waals surface area contributed by atoms with Crippen LogP contribution in [0.4, 0.5) is 5.69 Å². The second kappa shape index (κ2) is 7.28. The fourth-order valence-corrected chi connectivity index (χ4v) is 2.28. The van der Waals surface area contributed by atoms with Gasteiger partial charge in [0.25, 0.3) is 0 Å². The van der Waals surface area contributed by atoms with Gasteiger partial charge in [-0.25, -0.2) is 0 Å². The van der Waals surface area contributed by atoms with E-state index in [-0.39, 0.29) is 0 Å². The molecular weight excluding hydrogens is 244 g/mol. The second-order valence-corrected chi connectivity index (χ2v) is 5.26. The Kier molecular flexibility index (Phi) is 6.01. The van der Waals surface area contributed by atoms with E-state index in [0.717, 1.165) is 13.1 Å². The minimum atomic E-state index is 0.550. The summed E-state index contributed by atoms with van der Waals surface area (Å²) in [6, 6.07) is 8.56. The molecule has 0 bridgehead atoms. The smallest absolute Gasteiger partial charge is 0.0640 e. The lowest BCUT2D eigenvalue weighted by atomic mass is 10.1. The van der Waals surface area contributed by atoms with Crippen LogP contribution in [-0.2, 0) is 5.88 Å². The molecular formula is C15H21ClN2. The normalized spacial score (nSPS) is 10.4. The summed E-state index contributed by atoms with van der Waals surface area (Å²) >= 11 is 5.88. The molecule has 0 aliphatic carbocycles. The molecule has 2 nitrogen and oxygen atoms in total. The van der Waals surface area contributed by atoms with Gasteiger partial charge >= 0.3 is 0 Å². The van der Waals surface area contributed by atoms with E-state index < -0.39 is 0 Å². The third-order valence-corrected chi connectivity index (χ3v) is 3.20. The summed E-state index contributed by atoms with van der Waals surface area (Å²) in [6.07, 6.45) is 0.559. The van der Waals surface area contributed by atoms with E-state index in [9.17, 15) is 0 Å². The highest BCUT2D eigenvalue weighted by Crippen LogP contribution is 2.21. The molecule has 0 N–H and O–H groups in total. The maximum Gasteiger partial charge on any atom is 0.0640 e. The molecule has 18 heavy (non-hydrogen) atoms. The molecule has 0 aromatic heterocycles. The molecule has 3 heteroatoms. The van der Waals surface area contributed by atoms with Crippen LogP contribution in [0, 0.1) is 24.2 Å². The lowest BCUT2D eigenvalue weighted by Gasteiger charge is -2.26. The summed E-state index contributed by atoms with van der Waals surface area (Å²) in [5.74, 6) is 1.13. The number of hydrogen-bond acceptors (Lipinski definition) is 2. The van der Waals surface area contributed by atoms with Crippen LogP contribution in [-0.4, -0.2) is 13.1 Å². The first-order chi connectivity index (χ1) is 8.58. The number of anilines is 1. The van der Waals surface area contributed by atoms with Crippen LogP contribution in [0.25, 0.3) is 0 Å². The summed E-state index contributed by atoms with van der Waals surface area (Å²) in [6.45, 7) is 8.23. The monoisotopic (exact) mass is 264 g/mol. The Morgan fingerprint density at radius 2 is 2.11 bits per heavy atom. The first-order valence-electron chi connectivity index (χ1n) is 6.36. The standard InChI is InChI=1S/C15H21ClN2/c1-12(2)11-18(8-4-7-17)15-6-5-14(10-16)13(3)9-15/h5-6,9,12H,4,8,10-11H2,1-3H3. The van der Waals surface area contributed by atoms with Crippen molar-refractivity contribution in [3.8, 4) is 6.07 Å². The summed E-state index contributed by atoms with van der Waals surface area (Å²) in [4.78, 5) is 2.28. The van der Waals surface area contributed by atoms with Gasteiger partial charge in [0.1, 0.15) is 0 Å². The van der Waals surface area contributed by atoms with Crippen molar-refractivity contribution in [2.75, 3.05) is 18.0 Å². The molecule has 0 spiro atoms. The quantitative estimate of drug-likeness (QED) is 0.723. The predicted octanol–water partition coefficient (Wildman–Crippen LogP) is 4.11. The number of rotatable bonds is 6. The van der Waals surface area contributed by atoms with Gasteiger partial charge in [-0.15, -0.1) is 11.6 Å². The Hall–Kier alpha value is -1.20. The molecule has 0 radical (unpaired) electrons. The zero-order valence-electron chi connectivity index (χ0n) is 11.4. The molecule has 0 saturated heterocycles. The molecule has 0 aliphatic rings. The molecule has 0 amide bonds. The van der Waals surface area contributed by atoms with Crippen molar-refractivity contribution in [2.24, 2.45) is 5.92 Å². The average Bonchev–Trinajstić information content (AvgIpc) is 2.34. The Bertz CT molecular complexity index is 421. The van der Waals surface area contributed by atoms with E-state index >= 15 is 0 Å². The van der Waals surface area contributed by atoms with Gasteiger partial charge < -0.3 is 4.90 Å². The second-order valence-electron chi connectivity index (χ2n) is 4.99. The van der Waals surface area contributed by atoms with E-state index in [1.165, 1.54) is 16.8 Å². The van der Waals surface area contributed by atoms with Crippen molar-refractivity contribution < 1.29 is 0 Å². The minimum absolute atomic E-state index is 0.550. The van der Waals surface area contributed by atoms with Crippen molar-refractivity contribution in [1.82, 2.24) is 0 Å². The summed E-state index contributed by atoms with van der Waals surface area (Å²) in [7, 11) is 0. The van der Waals surface area contributed by atoms with Crippen molar-refractivity contribution in [3.05, 3.63) is 29.3 Å². The summed E-state index contributed by atoms with van der Waals surface area (Å²) in [5, 5.41) is 8.74. The van der Waals surface area contributed by atoms with Gasteiger partial charge in [-0.1, -0.05) is 19.9 Å². The molecule has 0 atom stereocenters. The highest BCUT2D eigenvalue weighted by Gasteiger charge is 2.09. The maximum atomic E-state index is 8.74. The Morgan fingerprint density at radius 1 is 1.39 bits per heavy atom. The van der Waals surface area contributed by atoms with Gasteiger partial charge in [-0.2, -0.15) is 5.26 Å². The summed E-state index contributed by atoms with van der Waals surface area (Å²) < 4.78 is 0. The number of aryl methyl sites for hydroxylation is 1. The van der Waals surface area contributed by atoms with Gasteiger partial charge in [0.2, 0.25) is 0 Å². The summed E-state index contributed by atoms with van der Waals surface area (Å²) in [5.41, 5.74) is 3.57. The van der Waals surface area contributed by atoms with Crippen LogP contribution < -0.4 is 4.90 Å². The fourth-order valence-electron chi connectivity index (χ4n) is 1.98. The van der Waals surface area contributed by atoms with Gasteiger partial charge in [-0.05, 0) is 36.1 Å². The average molecular weight is 265 g/mol. The molecule has 98 valence electrons. The largest absolute Gasteiger partial charge is 0.370 e. The van der Waals surface area contributed by atoms with Crippen LogP contribution in [0.5, 0.6) is 0 Å². The Morgan fingerprint density at radius 3 is 2.61 bits per heavy atom. The third kappa shape index (κ3) is 4.23. The van der Waals surface area contributed by atoms with Gasteiger partial charge in [0.15, 0.2) is 0 Å². The zero-order chi connectivity index (χ0) is 13.5. The molecule has 0 fully saturated rings. The van der Waals surface area contributed by atoms with E-state index in [4.69, 9.17) is 16.9 Å². The van der Waals surface area contributed by atoms with Crippen LogP contribution in [0.3, 0.4) is 0 Å². The van der Waals surface area contributed by atoms with Crippen LogP contribution in [0.2, 0.25) is 0 Å². The van der Waals surface area contributed by atoms with Crippen molar-refractivity contribution in [1.29, 1.82) is 5.26 Å². The molecule has 1 aromatic rings. The van der Waals surface area contributed by atoms with E-state index in [1.54, 1.807) is 0 Å². The number of alkyl halides is 1. The molecule has 0 unspecified atom stereocenters. The van der Waals surface area contributed by atoms with E-state index in [0.29, 0.717) is 18.2 Å². The van der Waals surface area contributed by atoms with Crippen LogP contribution in [0.1, 0.15) is 31.4 Å². The Labute approximate surface area is 115 Å². The van der Waals surface area contributed by atoms with E-state index in [2.05, 4.69) is 49.9 Å². The first-order valence-corrected chi connectivity index (χ1v) is 6.89. The van der Waals surface area contributed by atoms with E-state index in [1.807, 2.05) is 0 Å². The third-order valence-electron chi connectivity index (χ3n) is 2.91. The fraction of sp³-hybridized carbons (Fsp3) is 0.533. The molecule has 0 saturated carbocycles.